The molecule has 0 radical (unpaired) electrons. The Bertz CT molecular complexity index is 491. The van der Waals surface area contributed by atoms with Gasteiger partial charge < -0.3 is 10.1 Å². The van der Waals surface area contributed by atoms with E-state index in [4.69, 9.17) is 4.74 Å². The summed E-state index contributed by atoms with van der Waals surface area (Å²) >= 11 is 0. The van der Waals surface area contributed by atoms with Crippen molar-refractivity contribution in [1.82, 2.24) is 10.0 Å². The molecule has 18 heavy (non-hydrogen) atoms. The molecule has 0 saturated carbocycles. The quantitative estimate of drug-likeness (QED) is 0.711. The van der Waals surface area contributed by atoms with Gasteiger partial charge in [0, 0.05) is 25.2 Å². The van der Waals surface area contributed by atoms with Crippen molar-refractivity contribution in [2.75, 3.05) is 26.5 Å². The summed E-state index contributed by atoms with van der Waals surface area (Å²) in [5.41, 5.74) is 0.480. The summed E-state index contributed by atoms with van der Waals surface area (Å²) in [6.45, 7) is 1.00. The average Bonchev–Trinajstić information content (AvgIpc) is 2.29. The first-order chi connectivity index (χ1) is 8.44. The number of benzene rings is 1. The molecule has 1 aromatic carbocycles. The molecule has 1 aromatic rings. The van der Waals surface area contributed by atoms with E-state index in [1.165, 1.54) is 7.11 Å². The van der Waals surface area contributed by atoms with E-state index in [0.29, 0.717) is 18.7 Å². The fourth-order valence-corrected chi connectivity index (χ4v) is 1.87. The fraction of sp³-hybridized carbons (Fsp3) is 0.455. The van der Waals surface area contributed by atoms with Gasteiger partial charge in [0.25, 0.3) is 0 Å². The van der Waals surface area contributed by atoms with E-state index >= 15 is 0 Å². The van der Waals surface area contributed by atoms with E-state index in [1.807, 2.05) is 0 Å². The molecule has 0 aliphatic carbocycles. The van der Waals surface area contributed by atoms with Crippen molar-refractivity contribution >= 4 is 10.0 Å². The zero-order valence-electron chi connectivity index (χ0n) is 10.4. The Balaban J connectivity index is 2.40. The summed E-state index contributed by atoms with van der Waals surface area (Å²) in [6, 6.07) is 4.90. The molecule has 0 aromatic heterocycles. The van der Waals surface area contributed by atoms with Gasteiger partial charge >= 0.3 is 0 Å². The highest BCUT2D eigenvalue weighted by Gasteiger charge is 2.07. The Kier molecular flexibility index (Phi) is 5.52. The van der Waals surface area contributed by atoms with Crippen molar-refractivity contribution in [2.45, 2.75) is 6.54 Å². The molecule has 0 saturated heterocycles. The molecule has 0 heterocycles. The van der Waals surface area contributed by atoms with E-state index in [1.54, 1.807) is 18.2 Å². The molecule has 0 spiro atoms. The lowest BCUT2D eigenvalue weighted by Crippen LogP contribution is -2.30. The first kappa shape index (κ1) is 14.9. The van der Waals surface area contributed by atoms with Crippen molar-refractivity contribution in [2.24, 2.45) is 0 Å². The highest BCUT2D eigenvalue weighted by Crippen LogP contribution is 2.19. The SMILES string of the molecule is COc1cccc(CNCCNS(C)(=O)=O)c1F. The van der Waals surface area contributed by atoms with E-state index in [2.05, 4.69) is 10.0 Å². The van der Waals surface area contributed by atoms with Crippen LogP contribution in [0.15, 0.2) is 18.2 Å². The van der Waals surface area contributed by atoms with Gasteiger partial charge in [-0.25, -0.2) is 17.5 Å². The number of rotatable bonds is 7. The van der Waals surface area contributed by atoms with Crippen LogP contribution in [0, 0.1) is 5.82 Å². The number of hydrogen-bond donors (Lipinski definition) is 2. The van der Waals surface area contributed by atoms with Crippen LogP contribution in [0.5, 0.6) is 5.75 Å². The summed E-state index contributed by atoms with van der Waals surface area (Å²) < 4.78 is 42.5. The van der Waals surface area contributed by atoms with E-state index in [0.717, 1.165) is 6.26 Å². The van der Waals surface area contributed by atoms with Gasteiger partial charge in [-0.3, -0.25) is 0 Å². The lowest BCUT2D eigenvalue weighted by Gasteiger charge is -2.08. The summed E-state index contributed by atoms with van der Waals surface area (Å²) in [5.74, 6) is -0.202. The molecule has 2 N–H and O–H groups in total. The zero-order chi connectivity index (χ0) is 13.6. The first-order valence-corrected chi connectivity index (χ1v) is 7.30. The molecule has 0 fully saturated rings. The van der Waals surface area contributed by atoms with E-state index < -0.39 is 15.8 Å². The number of hydrogen-bond acceptors (Lipinski definition) is 4. The maximum absolute atomic E-state index is 13.7. The number of halogens is 1. The third kappa shape index (κ3) is 4.99. The average molecular weight is 276 g/mol. The summed E-state index contributed by atoms with van der Waals surface area (Å²) in [5, 5.41) is 2.94. The van der Waals surface area contributed by atoms with Crippen molar-refractivity contribution in [3.8, 4) is 5.75 Å². The third-order valence-corrected chi connectivity index (χ3v) is 2.97. The Morgan fingerprint density at radius 3 is 2.67 bits per heavy atom. The number of nitrogens with one attached hydrogen (secondary N) is 2. The molecule has 7 heteroatoms. The smallest absolute Gasteiger partial charge is 0.208 e. The Labute approximate surface area is 106 Å². The van der Waals surface area contributed by atoms with Gasteiger partial charge in [0.05, 0.1) is 13.4 Å². The molecule has 0 atom stereocenters. The molecule has 0 unspecified atom stereocenters. The molecule has 0 amide bonds. The van der Waals surface area contributed by atoms with Gasteiger partial charge in [0.2, 0.25) is 10.0 Å². The number of ether oxygens (including phenoxy) is 1. The molecule has 0 aliphatic rings. The predicted octanol–water partition coefficient (Wildman–Crippen LogP) is 0.473. The van der Waals surface area contributed by atoms with E-state index in [9.17, 15) is 12.8 Å². The highest BCUT2D eigenvalue weighted by atomic mass is 32.2. The van der Waals surface area contributed by atoms with Crippen LogP contribution in [0.2, 0.25) is 0 Å². The van der Waals surface area contributed by atoms with Gasteiger partial charge in [0.15, 0.2) is 11.6 Å². The molecule has 102 valence electrons. The Morgan fingerprint density at radius 1 is 1.33 bits per heavy atom. The lowest BCUT2D eigenvalue weighted by atomic mass is 10.2. The maximum Gasteiger partial charge on any atom is 0.208 e. The van der Waals surface area contributed by atoms with Crippen LogP contribution < -0.4 is 14.8 Å². The van der Waals surface area contributed by atoms with Gasteiger partial charge in [-0.05, 0) is 6.07 Å². The summed E-state index contributed by atoms with van der Waals surface area (Å²) in [4.78, 5) is 0. The van der Waals surface area contributed by atoms with Gasteiger partial charge in [-0.2, -0.15) is 0 Å². The Hall–Kier alpha value is -1.18. The highest BCUT2D eigenvalue weighted by molar-refractivity contribution is 7.88. The predicted molar refractivity (Wildman–Crippen MR) is 67.5 cm³/mol. The summed E-state index contributed by atoms with van der Waals surface area (Å²) in [7, 11) is -1.76. The largest absolute Gasteiger partial charge is 0.494 e. The fourth-order valence-electron chi connectivity index (χ4n) is 1.40. The van der Waals surface area contributed by atoms with Gasteiger partial charge in [0.1, 0.15) is 0 Å². The summed E-state index contributed by atoms with van der Waals surface area (Å²) in [6.07, 6.45) is 1.09. The van der Waals surface area contributed by atoms with Gasteiger partial charge in [-0.15, -0.1) is 0 Å². The molecule has 5 nitrogen and oxygen atoms in total. The molecular formula is C11H17FN2O3S. The maximum atomic E-state index is 13.7. The monoisotopic (exact) mass is 276 g/mol. The second-order valence-electron chi connectivity index (χ2n) is 3.78. The second kappa shape index (κ2) is 6.67. The van der Waals surface area contributed by atoms with Crippen LogP contribution in [0.4, 0.5) is 4.39 Å². The topological polar surface area (TPSA) is 67.4 Å². The Morgan fingerprint density at radius 2 is 2.06 bits per heavy atom. The van der Waals surface area contributed by atoms with Crippen molar-refractivity contribution in [3.05, 3.63) is 29.6 Å². The normalized spacial score (nSPS) is 11.5. The number of methoxy groups -OCH3 is 1. The molecule has 1 rings (SSSR count). The molecule has 0 aliphatic heterocycles. The van der Waals surface area contributed by atoms with Crippen LogP contribution in [0.3, 0.4) is 0 Å². The first-order valence-electron chi connectivity index (χ1n) is 5.41. The lowest BCUT2D eigenvalue weighted by molar-refractivity contribution is 0.383. The van der Waals surface area contributed by atoms with Crippen LogP contribution in [0.25, 0.3) is 0 Å². The minimum Gasteiger partial charge on any atom is -0.494 e. The van der Waals surface area contributed by atoms with Crippen molar-refractivity contribution < 1.29 is 17.5 Å². The minimum atomic E-state index is -3.17. The third-order valence-electron chi connectivity index (χ3n) is 2.24. The molecular weight excluding hydrogens is 259 g/mol. The minimum absolute atomic E-state index is 0.198. The van der Waals surface area contributed by atoms with Crippen molar-refractivity contribution in [1.29, 1.82) is 0 Å². The van der Waals surface area contributed by atoms with E-state index in [-0.39, 0.29) is 12.3 Å². The molecule has 0 bridgehead atoms. The standard InChI is InChI=1S/C11H17FN2O3S/c1-17-10-5-3-4-9(11(10)12)8-13-6-7-14-18(2,15)16/h3-5,13-14H,6-8H2,1-2H3. The van der Waals surface area contributed by atoms with Crippen LogP contribution in [0.1, 0.15) is 5.56 Å². The van der Waals surface area contributed by atoms with Crippen LogP contribution in [-0.4, -0.2) is 34.9 Å². The zero-order valence-corrected chi connectivity index (χ0v) is 11.2. The van der Waals surface area contributed by atoms with Crippen LogP contribution >= 0.6 is 0 Å². The van der Waals surface area contributed by atoms with Crippen LogP contribution in [-0.2, 0) is 16.6 Å². The van der Waals surface area contributed by atoms with Gasteiger partial charge in [-0.1, -0.05) is 12.1 Å². The van der Waals surface area contributed by atoms with Crippen molar-refractivity contribution in [3.63, 3.8) is 0 Å². The number of sulfonamides is 1. The second-order valence-corrected chi connectivity index (χ2v) is 5.61.